The van der Waals surface area contributed by atoms with Crippen LogP contribution in [-0.2, 0) is 0 Å². The summed E-state index contributed by atoms with van der Waals surface area (Å²) in [5.74, 6) is 1.59. The van der Waals surface area contributed by atoms with Crippen molar-refractivity contribution in [1.29, 1.82) is 0 Å². The first-order valence-corrected chi connectivity index (χ1v) is 6.34. The van der Waals surface area contributed by atoms with Gasteiger partial charge in [-0.3, -0.25) is 0 Å². The van der Waals surface area contributed by atoms with Crippen molar-refractivity contribution < 1.29 is 0 Å². The van der Waals surface area contributed by atoms with E-state index in [2.05, 4.69) is 30.8 Å². The molecule has 1 aromatic heterocycles. The highest BCUT2D eigenvalue weighted by Crippen LogP contribution is 2.16. The van der Waals surface area contributed by atoms with Crippen LogP contribution in [0.25, 0.3) is 0 Å². The fourth-order valence-electron chi connectivity index (χ4n) is 1.68. The Bertz CT molecular complexity index is 404. The summed E-state index contributed by atoms with van der Waals surface area (Å²) in [7, 11) is 2.05. The molecule has 0 fully saturated rings. The number of rotatable bonds is 5. The highest BCUT2D eigenvalue weighted by molar-refractivity contribution is 7.80. The average molecular weight is 251 g/mol. The molecule has 0 aromatic carbocycles. The van der Waals surface area contributed by atoms with Crippen LogP contribution in [0.4, 0.5) is 5.82 Å². The Labute approximate surface area is 109 Å². The molecule has 0 radical (unpaired) electrons. The first-order chi connectivity index (χ1) is 7.93. The molecule has 0 spiro atoms. The van der Waals surface area contributed by atoms with Gasteiger partial charge in [-0.05, 0) is 25.0 Å². The Morgan fingerprint density at radius 2 is 2.18 bits per heavy atom. The summed E-state index contributed by atoms with van der Waals surface area (Å²) in [6.45, 7) is 7.38. The Morgan fingerprint density at radius 3 is 2.71 bits per heavy atom. The Hall–Kier alpha value is -1.16. The molecule has 1 atom stereocenters. The third-order valence-corrected chi connectivity index (χ3v) is 3.13. The Kier molecular flexibility index (Phi) is 4.87. The van der Waals surface area contributed by atoms with Crippen LogP contribution in [-0.4, -0.2) is 23.6 Å². The van der Waals surface area contributed by atoms with Gasteiger partial charge in [0, 0.05) is 24.8 Å². The molecule has 0 aliphatic carbocycles. The largest absolute Gasteiger partial charge is 0.389 e. The predicted molar refractivity (Wildman–Crippen MR) is 77.6 cm³/mol. The molecule has 1 rings (SSSR count). The maximum absolute atomic E-state index is 5.66. The zero-order chi connectivity index (χ0) is 13.0. The normalized spacial score (nSPS) is 12.2. The number of aryl methyl sites for hydroxylation is 1. The van der Waals surface area contributed by atoms with Gasteiger partial charge in [-0.25, -0.2) is 4.98 Å². The number of nitrogens with two attached hydrogens (primary N) is 1. The van der Waals surface area contributed by atoms with E-state index in [1.54, 1.807) is 0 Å². The van der Waals surface area contributed by atoms with E-state index in [4.69, 9.17) is 18.0 Å². The molecule has 0 saturated carbocycles. The fourth-order valence-corrected chi connectivity index (χ4v) is 1.80. The van der Waals surface area contributed by atoms with Gasteiger partial charge in [0.2, 0.25) is 0 Å². The number of anilines is 1. The van der Waals surface area contributed by atoms with Gasteiger partial charge in [0.15, 0.2) is 0 Å². The quantitative estimate of drug-likeness (QED) is 0.817. The van der Waals surface area contributed by atoms with E-state index >= 15 is 0 Å². The lowest BCUT2D eigenvalue weighted by Gasteiger charge is -2.22. The summed E-state index contributed by atoms with van der Waals surface area (Å²) in [6.07, 6.45) is 1.16. The van der Waals surface area contributed by atoms with Gasteiger partial charge < -0.3 is 10.6 Å². The molecule has 94 valence electrons. The van der Waals surface area contributed by atoms with Gasteiger partial charge in [-0.15, -0.1) is 0 Å². The molecule has 0 amide bonds. The molecule has 4 heteroatoms. The van der Waals surface area contributed by atoms with E-state index in [0.717, 1.165) is 30.0 Å². The summed E-state index contributed by atoms with van der Waals surface area (Å²) < 4.78 is 0. The molecular formula is C13H21N3S. The summed E-state index contributed by atoms with van der Waals surface area (Å²) >= 11 is 5.01. The lowest BCUT2D eigenvalue weighted by molar-refractivity contribution is 0.557. The number of hydrogen-bond donors (Lipinski definition) is 1. The monoisotopic (exact) mass is 251 g/mol. The Balaban J connectivity index is 2.93. The van der Waals surface area contributed by atoms with Crippen molar-refractivity contribution in [2.45, 2.75) is 27.2 Å². The van der Waals surface area contributed by atoms with Crippen molar-refractivity contribution in [3.8, 4) is 0 Å². The minimum atomic E-state index is 0.425. The maximum Gasteiger partial charge on any atom is 0.129 e. The van der Waals surface area contributed by atoms with Gasteiger partial charge >= 0.3 is 0 Å². The number of thiocarbonyl (C=S) groups is 1. The smallest absolute Gasteiger partial charge is 0.129 e. The Morgan fingerprint density at radius 1 is 1.53 bits per heavy atom. The highest BCUT2D eigenvalue weighted by Gasteiger charge is 2.09. The van der Waals surface area contributed by atoms with E-state index < -0.39 is 0 Å². The second kappa shape index (κ2) is 5.96. The van der Waals surface area contributed by atoms with E-state index in [1.165, 1.54) is 0 Å². The van der Waals surface area contributed by atoms with Crippen LogP contribution in [0.3, 0.4) is 0 Å². The van der Waals surface area contributed by atoms with Crippen molar-refractivity contribution in [2.24, 2.45) is 11.7 Å². The van der Waals surface area contributed by atoms with Crippen LogP contribution in [0.5, 0.6) is 0 Å². The fraction of sp³-hybridized carbons (Fsp3) is 0.538. The SMILES string of the molecule is CCC(C)CN(C)c1cc(C(N)=S)cc(C)n1. The minimum absolute atomic E-state index is 0.425. The van der Waals surface area contributed by atoms with Crippen molar-refractivity contribution in [2.75, 3.05) is 18.5 Å². The molecule has 17 heavy (non-hydrogen) atoms. The minimum Gasteiger partial charge on any atom is -0.389 e. The van der Waals surface area contributed by atoms with Crippen molar-refractivity contribution in [3.05, 3.63) is 23.4 Å². The predicted octanol–water partition coefficient (Wildman–Crippen LogP) is 2.51. The lowest BCUT2D eigenvalue weighted by atomic mass is 10.1. The van der Waals surface area contributed by atoms with E-state index in [-0.39, 0.29) is 0 Å². The van der Waals surface area contributed by atoms with Gasteiger partial charge in [0.05, 0.1) is 0 Å². The second-order valence-corrected chi connectivity index (χ2v) is 5.05. The van der Waals surface area contributed by atoms with Crippen molar-refractivity contribution >= 4 is 23.0 Å². The van der Waals surface area contributed by atoms with Crippen LogP contribution < -0.4 is 10.6 Å². The van der Waals surface area contributed by atoms with Crippen LogP contribution in [0, 0.1) is 12.8 Å². The van der Waals surface area contributed by atoms with Gasteiger partial charge in [0.25, 0.3) is 0 Å². The molecule has 0 bridgehead atoms. The van der Waals surface area contributed by atoms with Gasteiger partial charge in [0.1, 0.15) is 10.8 Å². The van der Waals surface area contributed by atoms with Gasteiger partial charge in [-0.1, -0.05) is 32.5 Å². The first-order valence-electron chi connectivity index (χ1n) is 5.93. The number of nitrogens with zero attached hydrogens (tertiary/aromatic N) is 2. The molecule has 1 aromatic rings. The number of hydrogen-bond acceptors (Lipinski definition) is 3. The van der Waals surface area contributed by atoms with E-state index in [1.807, 2.05) is 19.1 Å². The molecule has 3 nitrogen and oxygen atoms in total. The topological polar surface area (TPSA) is 42.1 Å². The van der Waals surface area contributed by atoms with E-state index in [0.29, 0.717) is 10.9 Å². The number of pyridine rings is 1. The lowest BCUT2D eigenvalue weighted by Crippen LogP contribution is -2.25. The van der Waals surface area contributed by atoms with E-state index in [9.17, 15) is 0 Å². The maximum atomic E-state index is 5.66. The van der Waals surface area contributed by atoms with Crippen LogP contribution >= 0.6 is 12.2 Å². The molecule has 0 aliphatic heterocycles. The third-order valence-electron chi connectivity index (χ3n) is 2.90. The van der Waals surface area contributed by atoms with Gasteiger partial charge in [-0.2, -0.15) is 0 Å². The first kappa shape index (κ1) is 13.9. The molecule has 1 unspecified atom stereocenters. The molecule has 1 heterocycles. The standard InChI is InChI=1S/C13H21N3S/c1-5-9(2)8-16(4)12-7-11(13(14)17)6-10(3)15-12/h6-7,9H,5,8H2,1-4H3,(H2,14,17). The van der Waals surface area contributed by atoms with Crippen LogP contribution in [0.2, 0.25) is 0 Å². The number of aromatic nitrogens is 1. The van der Waals surface area contributed by atoms with Crippen LogP contribution in [0.15, 0.2) is 12.1 Å². The zero-order valence-corrected chi connectivity index (χ0v) is 11.8. The third kappa shape index (κ3) is 3.97. The average Bonchev–Trinajstić information content (AvgIpc) is 2.27. The summed E-state index contributed by atoms with van der Waals surface area (Å²) in [6, 6.07) is 3.88. The van der Waals surface area contributed by atoms with Crippen molar-refractivity contribution in [3.63, 3.8) is 0 Å². The molecule has 0 saturated heterocycles. The highest BCUT2D eigenvalue weighted by atomic mass is 32.1. The summed E-state index contributed by atoms with van der Waals surface area (Å²) in [5.41, 5.74) is 7.50. The molecular weight excluding hydrogens is 230 g/mol. The molecule has 2 N–H and O–H groups in total. The molecule has 0 aliphatic rings. The van der Waals surface area contributed by atoms with Crippen molar-refractivity contribution in [1.82, 2.24) is 4.98 Å². The second-order valence-electron chi connectivity index (χ2n) is 4.61. The zero-order valence-electron chi connectivity index (χ0n) is 11.0. The summed E-state index contributed by atoms with van der Waals surface area (Å²) in [5, 5.41) is 0. The van der Waals surface area contributed by atoms with Crippen LogP contribution in [0.1, 0.15) is 31.5 Å². The summed E-state index contributed by atoms with van der Waals surface area (Å²) in [4.78, 5) is 7.09.